The van der Waals surface area contributed by atoms with Gasteiger partial charge in [-0.1, -0.05) is 18.2 Å². The van der Waals surface area contributed by atoms with E-state index in [9.17, 15) is 18.0 Å². The minimum Gasteiger partial charge on any atom is -0.481 e. The number of aromatic nitrogens is 2. The fraction of sp³-hybridized carbons (Fsp3) is 0.200. The second kappa shape index (κ2) is 7.26. The molecule has 0 spiro atoms. The summed E-state index contributed by atoms with van der Waals surface area (Å²) in [5.74, 6) is -1.22. The number of hydrogen-bond acceptors (Lipinski definition) is 6. The highest BCUT2D eigenvalue weighted by atomic mass is 32.2. The molecule has 132 valence electrons. The Morgan fingerprint density at radius 1 is 1.12 bits per heavy atom. The van der Waals surface area contributed by atoms with Crippen molar-refractivity contribution in [2.75, 3.05) is 5.32 Å². The first-order valence-corrected chi connectivity index (χ1v) is 8.61. The standard InChI is InChI=1S/C15H16N4O5S/c1-9-7-10(2)17-14(16-9)18-15(22)19-25(23,24)12-6-4-3-5-11(12)8-13(20)21/h3-7H,8H2,1-2H3,(H,20,21)(H2,16,17,18,19,22). The molecular weight excluding hydrogens is 348 g/mol. The van der Waals surface area contributed by atoms with Gasteiger partial charge in [0.05, 0.1) is 11.3 Å². The predicted octanol–water partition coefficient (Wildman–Crippen LogP) is 1.23. The van der Waals surface area contributed by atoms with Crippen LogP contribution in [0.5, 0.6) is 0 Å². The van der Waals surface area contributed by atoms with Crippen LogP contribution in [0.15, 0.2) is 35.2 Å². The van der Waals surface area contributed by atoms with Crippen molar-refractivity contribution >= 4 is 28.0 Å². The number of hydrogen-bond donors (Lipinski definition) is 3. The topological polar surface area (TPSA) is 138 Å². The van der Waals surface area contributed by atoms with Crippen molar-refractivity contribution in [1.29, 1.82) is 0 Å². The van der Waals surface area contributed by atoms with Gasteiger partial charge in [-0.3, -0.25) is 10.1 Å². The molecule has 25 heavy (non-hydrogen) atoms. The van der Waals surface area contributed by atoms with Crippen LogP contribution < -0.4 is 10.0 Å². The predicted molar refractivity (Wildman–Crippen MR) is 88.6 cm³/mol. The molecule has 0 unspecified atom stereocenters. The van der Waals surface area contributed by atoms with E-state index in [1.54, 1.807) is 19.9 Å². The van der Waals surface area contributed by atoms with Gasteiger partial charge < -0.3 is 5.11 Å². The molecule has 9 nitrogen and oxygen atoms in total. The smallest absolute Gasteiger partial charge is 0.335 e. The Labute approximate surface area is 144 Å². The second-order valence-electron chi connectivity index (χ2n) is 5.21. The molecule has 0 bridgehead atoms. The van der Waals surface area contributed by atoms with E-state index in [-0.39, 0.29) is 16.4 Å². The number of nitrogens with zero attached hydrogens (tertiary/aromatic N) is 2. The van der Waals surface area contributed by atoms with Gasteiger partial charge in [0.1, 0.15) is 0 Å². The van der Waals surface area contributed by atoms with Crippen LogP contribution in [0.4, 0.5) is 10.7 Å². The summed E-state index contributed by atoms with van der Waals surface area (Å²) in [6.07, 6.45) is -0.487. The zero-order chi connectivity index (χ0) is 18.6. The van der Waals surface area contributed by atoms with Crippen molar-refractivity contribution in [2.24, 2.45) is 0 Å². The average Bonchev–Trinajstić information content (AvgIpc) is 2.44. The maximum atomic E-state index is 12.4. The third-order valence-electron chi connectivity index (χ3n) is 3.04. The monoisotopic (exact) mass is 364 g/mol. The van der Waals surface area contributed by atoms with Crippen LogP contribution in [0.1, 0.15) is 17.0 Å². The minimum absolute atomic E-state index is 0.0379. The number of aryl methyl sites for hydroxylation is 2. The SMILES string of the molecule is Cc1cc(C)nc(NC(=O)NS(=O)(=O)c2ccccc2CC(=O)O)n1. The fourth-order valence-electron chi connectivity index (χ4n) is 2.16. The first kappa shape index (κ1) is 18.3. The maximum Gasteiger partial charge on any atom is 0.335 e. The highest BCUT2D eigenvalue weighted by Crippen LogP contribution is 2.16. The molecule has 10 heteroatoms. The zero-order valence-corrected chi connectivity index (χ0v) is 14.3. The molecule has 2 aromatic rings. The molecule has 0 aliphatic heterocycles. The molecule has 1 aromatic carbocycles. The molecule has 3 N–H and O–H groups in total. The number of sulfonamides is 1. The van der Waals surface area contributed by atoms with Crippen LogP contribution in [0.3, 0.4) is 0 Å². The number of anilines is 1. The second-order valence-corrected chi connectivity index (χ2v) is 6.86. The Hall–Kier alpha value is -3.01. The quantitative estimate of drug-likeness (QED) is 0.725. The van der Waals surface area contributed by atoms with Gasteiger partial charge in [-0.25, -0.2) is 27.9 Å². The molecule has 0 atom stereocenters. The molecule has 2 amide bonds. The van der Waals surface area contributed by atoms with E-state index in [4.69, 9.17) is 5.11 Å². The first-order chi connectivity index (χ1) is 11.7. The third kappa shape index (κ3) is 4.98. The molecule has 0 aliphatic carbocycles. The van der Waals surface area contributed by atoms with Gasteiger partial charge in [0.2, 0.25) is 5.95 Å². The summed E-state index contributed by atoms with van der Waals surface area (Å²) in [7, 11) is -4.26. The number of benzene rings is 1. The van der Waals surface area contributed by atoms with Crippen molar-refractivity contribution in [3.63, 3.8) is 0 Å². The van der Waals surface area contributed by atoms with Crippen LogP contribution >= 0.6 is 0 Å². The molecule has 0 aliphatic rings. The lowest BCUT2D eigenvalue weighted by atomic mass is 10.1. The Bertz CT molecular complexity index is 907. The maximum absolute atomic E-state index is 12.4. The van der Waals surface area contributed by atoms with Crippen molar-refractivity contribution in [3.05, 3.63) is 47.3 Å². The average molecular weight is 364 g/mol. The minimum atomic E-state index is -4.26. The van der Waals surface area contributed by atoms with Gasteiger partial charge >= 0.3 is 12.0 Å². The number of aliphatic carboxylic acids is 1. The number of urea groups is 1. The van der Waals surface area contributed by atoms with Gasteiger partial charge in [0.15, 0.2) is 0 Å². The van der Waals surface area contributed by atoms with Crippen molar-refractivity contribution in [2.45, 2.75) is 25.2 Å². The van der Waals surface area contributed by atoms with E-state index in [1.165, 1.54) is 24.3 Å². The molecular formula is C15H16N4O5S. The summed E-state index contributed by atoms with van der Waals surface area (Å²) in [6.45, 7) is 3.41. The van der Waals surface area contributed by atoms with Crippen LogP contribution in [-0.2, 0) is 21.2 Å². The largest absolute Gasteiger partial charge is 0.481 e. The summed E-state index contributed by atoms with van der Waals surface area (Å²) < 4.78 is 26.5. The number of carbonyl (C=O) groups is 2. The number of nitrogens with one attached hydrogen (secondary N) is 2. The van der Waals surface area contributed by atoms with E-state index in [0.717, 1.165) is 0 Å². The summed E-state index contributed by atoms with van der Waals surface area (Å²) in [5.41, 5.74) is 1.29. The molecule has 1 heterocycles. The van der Waals surface area contributed by atoms with Crippen LogP contribution in [0.25, 0.3) is 0 Å². The summed E-state index contributed by atoms with van der Waals surface area (Å²) in [4.78, 5) is 30.5. The van der Waals surface area contributed by atoms with E-state index < -0.39 is 28.4 Å². The highest BCUT2D eigenvalue weighted by molar-refractivity contribution is 7.90. The van der Waals surface area contributed by atoms with E-state index >= 15 is 0 Å². The highest BCUT2D eigenvalue weighted by Gasteiger charge is 2.22. The lowest BCUT2D eigenvalue weighted by molar-refractivity contribution is -0.136. The van der Waals surface area contributed by atoms with Gasteiger partial charge in [-0.2, -0.15) is 0 Å². The Morgan fingerprint density at radius 3 is 2.32 bits per heavy atom. The number of carboxylic acid groups (broad SMARTS) is 1. The van der Waals surface area contributed by atoms with Crippen LogP contribution in [0.2, 0.25) is 0 Å². The zero-order valence-electron chi connectivity index (χ0n) is 13.5. The summed E-state index contributed by atoms with van der Waals surface area (Å²) >= 11 is 0. The first-order valence-electron chi connectivity index (χ1n) is 7.13. The van der Waals surface area contributed by atoms with Crippen molar-refractivity contribution in [1.82, 2.24) is 14.7 Å². The van der Waals surface area contributed by atoms with E-state index in [0.29, 0.717) is 11.4 Å². The lowest BCUT2D eigenvalue weighted by Crippen LogP contribution is -2.35. The molecule has 2 rings (SSSR count). The fourth-order valence-corrected chi connectivity index (χ4v) is 3.31. The van der Waals surface area contributed by atoms with Gasteiger partial charge in [-0.05, 0) is 31.5 Å². The Morgan fingerprint density at radius 2 is 1.72 bits per heavy atom. The number of carboxylic acids is 1. The summed E-state index contributed by atoms with van der Waals surface area (Å²) in [6, 6.07) is 6.19. The van der Waals surface area contributed by atoms with Gasteiger partial charge in [-0.15, -0.1) is 0 Å². The van der Waals surface area contributed by atoms with Crippen molar-refractivity contribution < 1.29 is 23.1 Å². The number of rotatable bonds is 5. The summed E-state index contributed by atoms with van der Waals surface area (Å²) in [5, 5.41) is 11.1. The number of carbonyl (C=O) groups excluding carboxylic acids is 1. The molecule has 0 saturated heterocycles. The normalized spacial score (nSPS) is 11.0. The van der Waals surface area contributed by atoms with Crippen LogP contribution in [-0.4, -0.2) is 35.5 Å². The molecule has 0 saturated carbocycles. The van der Waals surface area contributed by atoms with Crippen LogP contribution in [0, 0.1) is 13.8 Å². The van der Waals surface area contributed by atoms with Gasteiger partial charge in [0.25, 0.3) is 10.0 Å². The molecule has 0 radical (unpaired) electrons. The van der Waals surface area contributed by atoms with E-state index in [1.807, 2.05) is 4.72 Å². The van der Waals surface area contributed by atoms with Crippen molar-refractivity contribution in [3.8, 4) is 0 Å². The van der Waals surface area contributed by atoms with Gasteiger partial charge in [0, 0.05) is 11.4 Å². The lowest BCUT2D eigenvalue weighted by Gasteiger charge is -2.11. The molecule has 1 aromatic heterocycles. The Kier molecular flexibility index (Phi) is 5.32. The van der Waals surface area contributed by atoms with E-state index in [2.05, 4.69) is 15.3 Å². The molecule has 0 fully saturated rings. The third-order valence-corrected chi connectivity index (χ3v) is 4.47. The number of amides is 2. The Balaban J connectivity index is 2.21.